The lowest BCUT2D eigenvalue weighted by Gasteiger charge is -2.43. The van der Waals surface area contributed by atoms with Gasteiger partial charge in [-0.2, -0.15) is 0 Å². The van der Waals surface area contributed by atoms with Crippen LogP contribution in [0.15, 0.2) is 53.4 Å². The van der Waals surface area contributed by atoms with E-state index in [1.54, 1.807) is 44.0 Å². The second-order valence-corrected chi connectivity index (χ2v) is 14.1. The lowest BCUT2D eigenvalue weighted by molar-refractivity contribution is -0.110. The molecule has 0 radical (unpaired) electrons. The van der Waals surface area contributed by atoms with E-state index < -0.39 is 0 Å². The summed E-state index contributed by atoms with van der Waals surface area (Å²) >= 11 is 1.73. The van der Waals surface area contributed by atoms with E-state index >= 15 is 0 Å². The average molecular weight is 628 g/mol. The highest BCUT2D eigenvalue weighted by atomic mass is 32.2. The van der Waals surface area contributed by atoms with Crippen molar-refractivity contribution in [2.45, 2.75) is 103 Å². The van der Waals surface area contributed by atoms with Crippen molar-refractivity contribution >= 4 is 24.1 Å². The maximum Gasteiger partial charge on any atom is 0.252 e. The van der Waals surface area contributed by atoms with E-state index in [0.29, 0.717) is 23.3 Å². The molecule has 4 rings (SSSR count). The number of carbonyl (C=O) groups excluding carboxylic acids is 2. The Hall–Kier alpha value is -2.55. The number of benzene rings is 2. The number of carbonyl (C=O) groups is 2. The molecule has 2 amide bonds. The summed E-state index contributed by atoms with van der Waals surface area (Å²) in [4.78, 5) is 26.7. The Labute approximate surface area is 270 Å². The predicted molar refractivity (Wildman–Crippen MR) is 183 cm³/mol. The van der Waals surface area contributed by atoms with Crippen LogP contribution >= 0.6 is 11.8 Å². The van der Waals surface area contributed by atoms with Crippen LogP contribution < -0.4 is 10.6 Å². The maximum atomic E-state index is 13.2. The molecule has 1 aliphatic heterocycles. The van der Waals surface area contributed by atoms with E-state index in [9.17, 15) is 14.7 Å². The van der Waals surface area contributed by atoms with Crippen molar-refractivity contribution in [1.82, 2.24) is 15.5 Å². The van der Waals surface area contributed by atoms with Gasteiger partial charge < -0.3 is 25.4 Å². The molecule has 2 aromatic rings. The highest BCUT2D eigenvalue weighted by Gasteiger charge is 2.34. The lowest BCUT2D eigenvalue weighted by Crippen LogP contribution is -2.53. The normalized spacial score (nSPS) is 19.5. The Morgan fingerprint density at radius 3 is 2.32 bits per heavy atom. The third-order valence-corrected chi connectivity index (χ3v) is 9.23. The number of thioether (sulfide) groups is 1. The Morgan fingerprint density at radius 1 is 1.07 bits per heavy atom. The fraction of sp³-hybridized carbons (Fsp3) is 0.611. The number of hydrogen-bond donors (Lipinski definition) is 3. The van der Waals surface area contributed by atoms with Crippen molar-refractivity contribution in [2.24, 2.45) is 11.8 Å². The molecule has 44 heavy (non-hydrogen) atoms. The van der Waals surface area contributed by atoms with Crippen molar-refractivity contribution in [1.29, 1.82) is 0 Å². The molecule has 1 heterocycles. The van der Waals surface area contributed by atoms with E-state index in [1.165, 1.54) is 43.4 Å². The van der Waals surface area contributed by atoms with E-state index in [2.05, 4.69) is 41.5 Å². The van der Waals surface area contributed by atoms with E-state index in [1.807, 2.05) is 39.0 Å². The second-order valence-electron chi connectivity index (χ2n) is 13.0. The average Bonchev–Trinajstić information content (AvgIpc) is 3.00. The fourth-order valence-electron chi connectivity index (χ4n) is 5.70. The SMILES string of the molecule is CC(C)(C)NC=O.CCC.COC(CN1CCC2CCCCC2C1)C(CSc1ccccc1)NC(=O)c1cccc(O)c1C. The molecular weight excluding hydrogens is 570 g/mol. The summed E-state index contributed by atoms with van der Waals surface area (Å²) in [6, 6.07) is 15.2. The van der Waals surface area contributed by atoms with Crippen molar-refractivity contribution in [3.63, 3.8) is 0 Å². The van der Waals surface area contributed by atoms with Gasteiger partial charge in [-0.15, -0.1) is 11.8 Å². The van der Waals surface area contributed by atoms with Gasteiger partial charge in [0.15, 0.2) is 0 Å². The third-order valence-electron chi connectivity index (χ3n) is 8.10. The fourth-order valence-corrected chi connectivity index (χ4v) is 6.72. The summed E-state index contributed by atoms with van der Waals surface area (Å²) in [5.74, 6) is 2.39. The zero-order valence-electron chi connectivity index (χ0n) is 28.1. The molecule has 3 N–H and O–H groups in total. The number of fused-ring (bicyclic) bond motifs is 1. The van der Waals surface area contributed by atoms with Gasteiger partial charge in [-0.05, 0) is 83.2 Å². The van der Waals surface area contributed by atoms with Gasteiger partial charge >= 0.3 is 0 Å². The highest BCUT2D eigenvalue weighted by molar-refractivity contribution is 7.99. The van der Waals surface area contributed by atoms with Crippen LogP contribution in [0.3, 0.4) is 0 Å². The molecule has 7 nitrogen and oxygen atoms in total. The summed E-state index contributed by atoms with van der Waals surface area (Å²) in [5.41, 5.74) is 1.04. The summed E-state index contributed by atoms with van der Waals surface area (Å²) in [7, 11) is 1.75. The molecule has 0 bridgehead atoms. The first kappa shape index (κ1) is 37.6. The van der Waals surface area contributed by atoms with Gasteiger partial charge in [0.2, 0.25) is 6.41 Å². The van der Waals surface area contributed by atoms with Crippen molar-refractivity contribution < 1.29 is 19.4 Å². The largest absolute Gasteiger partial charge is 0.508 e. The first-order valence-electron chi connectivity index (χ1n) is 16.3. The number of amides is 2. The molecule has 4 atom stereocenters. The van der Waals surface area contributed by atoms with E-state index in [-0.39, 0.29) is 29.3 Å². The van der Waals surface area contributed by atoms with Crippen LogP contribution in [0.25, 0.3) is 0 Å². The number of hydrogen-bond acceptors (Lipinski definition) is 6. The minimum atomic E-state index is -0.167. The number of piperidine rings is 1. The van der Waals surface area contributed by atoms with Gasteiger partial charge in [0, 0.05) is 47.5 Å². The molecule has 2 aromatic carbocycles. The van der Waals surface area contributed by atoms with Crippen molar-refractivity contribution in [3.8, 4) is 5.75 Å². The zero-order valence-corrected chi connectivity index (χ0v) is 28.9. The van der Waals surface area contributed by atoms with Gasteiger partial charge in [-0.25, -0.2) is 0 Å². The molecule has 2 fully saturated rings. The van der Waals surface area contributed by atoms with Crippen LogP contribution in [-0.4, -0.2) is 72.5 Å². The first-order chi connectivity index (χ1) is 21.0. The van der Waals surface area contributed by atoms with Gasteiger partial charge in [0.1, 0.15) is 5.75 Å². The van der Waals surface area contributed by atoms with E-state index in [0.717, 1.165) is 31.5 Å². The highest BCUT2D eigenvalue weighted by Crippen LogP contribution is 2.36. The third kappa shape index (κ3) is 13.2. The first-order valence-corrected chi connectivity index (χ1v) is 17.2. The Morgan fingerprint density at radius 2 is 1.73 bits per heavy atom. The summed E-state index contributed by atoms with van der Waals surface area (Å²) in [5, 5.41) is 15.9. The van der Waals surface area contributed by atoms with Crippen LogP contribution in [0.5, 0.6) is 5.75 Å². The summed E-state index contributed by atoms with van der Waals surface area (Å²) in [6.07, 6.45) is 8.61. The number of phenolic OH excluding ortho intramolecular Hbond substituents is 1. The molecular formula is C36H57N3O4S. The summed E-state index contributed by atoms with van der Waals surface area (Å²) < 4.78 is 6.01. The van der Waals surface area contributed by atoms with E-state index in [4.69, 9.17) is 4.74 Å². The Kier molecular flexibility index (Phi) is 16.9. The number of phenols is 1. The second kappa shape index (κ2) is 19.8. The van der Waals surface area contributed by atoms with Gasteiger partial charge in [-0.3, -0.25) is 9.59 Å². The topological polar surface area (TPSA) is 90.9 Å². The smallest absolute Gasteiger partial charge is 0.252 e. The molecule has 1 saturated heterocycles. The Balaban J connectivity index is 0.000000587. The lowest BCUT2D eigenvalue weighted by atomic mass is 9.75. The predicted octanol–water partition coefficient (Wildman–Crippen LogP) is 7.07. The molecule has 0 spiro atoms. The standard InChI is InChI=1S/C28H38N2O3S.C5H11NO.C3H8/c1-20-24(13-8-14-26(20)31)28(32)29-25(19-34-23-11-4-3-5-12-23)27(33-2)18-30-16-15-21-9-6-7-10-22(21)17-30;1-5(2,3)6-4-7;1-3-2/h3-5,8,11-14,21-22,25,27,31H,6-7,9-10,15-19H2,1-2H3,(H,29,32);4H,1-3H3,(H,6,7);3H2,1-2H3. The Bertz CT molecular complexity index is 1110. The van der Waals surface area contributed by atoms with Crippen molar-refractivity contribution in [3.05, 3.63) is 59.7 Å². The molecule has 246 valence electrons. The zero-order chi connectivity index (χ0) is 32.5. The van der Waals surface area contributed by atoms with Gasteiger partial charge in [-0.1, -0.05) is 63.8 Å². The summed E-state index contributed by atoms with van der Waals surface area (Å²) in [6.45, 7) is 14.9. The van der Waals surface area contributed by atoms with Crippen LogP contribution in [0.4, 0.5) is 0 Å². The maximum absolute atomic E-state index is 13.2. The van der Waals surface area contributed by atoms with Gasteiger partial charge in [0.05, 0.1) is 12.1 Å². The molecule has 1 saturated carbocycles. The number of ether oxygens (including phenoxy) is 1. The molecule has 4 unspecified atom stereocenters. The van der Waals surface area contributed by atoms with Crippen LogP contribution in [0.2, 0.25) is 0 Å². The molecule has 1 aliphatic carbocycles. The number of likely N-dealkylation sites (tertiary alicyclic amines) is 1. The minimum Gasteiger partial charge on any atom is -0.508 e. The van der Waals surface area contributed by atoms with Crippen LogP contribution in [0.1, 0.15) is 89.1 Å². The number of nitrogens with one attached hydrogen (secondary N) is 2. The monoisotopic (exact) mass is 627 g/mol. The van der Waals surface area contributed by atoms with Crippen molar-refractivity contribution in [2.75, 3.05) is 32.5 Å². The number of rotatable bonds is 10. The minimum absolute atomic E-state index is 0.0677. The number of methoxy groups -OCH3 is 1. The molecule has 0 aromatic heterocycles. The van der Waals surface area contributed by atoms with Crippen LogP contribution in [-0.2, 0) is 9.53 Å². The number of aromatic hydroxyl groups is 1. The molecule has 8 heteroatoms. The molecule has 2 aliphatic rings. The van der Waals surface area contributed by atoms with Gasteiger partial charge in [0.25, 0.3) is 5.91 Å². The quantitative estimate of drug-likeness (QED) is 0.193. The van der Waals surface area contributed by atoms with Crippen LogP contribution in [0, 0.1) is 18.8 Å². The number of nitrogens with zero attached hydrogens (tertiary/aromatic N) is 1.